The Balaban J connectivity index is 1.69. The lowest BCUT2D eigenvalue weighted by molar-refractivity contribution is -0.697. The number of hydrogen-bond acceptors (Lipinski definition) is 2. The molecule has 0 saturated carbocycles. The van der Waals surface area contributed by atoms with Crippen molar-refractivity contribution in [2.24, 2.45) is 0 Å². The molecule has 0 saturated heterocycles. The van der Waals surface area contributed by atoms with E-state index in [4.69, 9.17) is 0 Å². The molecular formula is C24H41NO2. The van der Waals surface area contributed by atoms with Crippen LogP contribution in [0.3, 0.4) is 0 Å². The monoisotopic (exact) mass is 375 g/mol. The summed E-state index contributed by atoms with van der Waals surface area (Å²) in [7, 11) is 0. The lowest BCUT2D eigenvalue weighted by Gasteiger charge is -2.04. The van der Waals surface area contributed by atoms with E-state index < -0.39 is 5.97 Å². The minimum absolute atomic E-state index is 0.229. The first-order valence-electron chi connectivity index (χ1n) is 11.4. The summed E-state index contributed by atoms with van der Waals surface area (Å²) in [5.41, 5.74) is 0. The highest BCUT2D eigenvalue weighted by atomic mass is 16.4. The van der Waals surface area contributed by atoms with E-state index in [1.807, 2.05) is 0 Å². The molecule has 0 aliphatic rings. The molecule has 3 heteroatoms. The molecule has 0 aromatic carbocycles. The molecular weight excluding hydrogens is 334 g/mol. The smallest absolute Gasteiger partial charge is 0.168 e. The fourth-order valence-electron chi connectivity index (χ4n) is 3.62. The van der Waals surface area contributed by atoms with Crippen LogP contribution in [0.25, 0.3) is 0 Å². The maximum absolute atomic E-state index is 10.3. The average molecular weight is 376 g/mol. The number of pyridine rings is 1. The summed E-state index contributed by atoms with van der Waals surface area (Å²) >= 11 is 0. The van der Waals surface area contributed by atoms with Gasteiger partial charge in [0.05, 0.1) is 0 Å². The number of aliphatic carboxylic acids is 1. The van der Waals surface area contributed by atoms with Crippen molar-refractivity contribution in [3.8, 4) is 0 Å². The van der Waals surface area contributed by atoms with Gasteiger partial charge in [-0.05, 0) is 19.3 Å². The highest BCUT2D eigenvalue weighted by Gasteiger charge is 1.98. The maximum Gasteiger partial charge on any atom is 0.168 e. The predicted octanol–water partition coefficient (Wildman–Crippen LogP) is 5.36. The third-order valence-corrected chi connectivity index (χ3v) is 5.32. The Kier molecular flexibility index (Phi) is 15.8. The third kappa shape index (κ3) is 16.5. The lowest BCUT2D eigenvalue weighted by atomic mass is 10.0. The molecule has 1 aromatic rings. The number of hydrogen-bond donors (Lipinski definition) is 0. The zero-order valence-corrected chi connectivity index (χ0v) is 17.4. The van der Waals surface area contributed by atoms with Crippen LogP contribution >= 0.6 is 0 Å². The average Bonchev–Trinajstić information content (AvgIpc) is 2.67. The number of carbonyl (C=O) groups is 1. The summed E-state index contributed by atoms with van der Waals surface area (Å²) < 4.78 is 2.27. The Morgan fingerprint density at radius 3 is 1.33 bits per heavy atom. The Hall–Kier alpha value is -1.38. The minimum Gasteiger partial charge on any atom is -0.550 e. The summed E-state index contributed by atoms with van der Waals surface area (Å²) in [5.74, 6) is -0.905. The van der Waals surface area contributed by atoms with E-state index in [1.54, 1.807) is 0 Å². The molecule has 1 rings (SSSR count). The molecule has 1 aromatic heterocycles. The normalized spacial score (nSPS) is 11.0. The minimum atomic E-state index is -0.905. The predicted molar refractivity (Wildman–Crippen MR) is 110 cm³/mol. The first-order chi connectivity index (χ1) is 13.3. The van der Waals surface area contributed by atoms with E-state index in [1.165, 1.54) is 89.9 Å². The van der Waals surface area contributed by atoms with Crippen molar-refractivity contribution >= 4 is 5.97 Å². The second kappa shape index (κ2) is 18.0. The van der Waals surface area contributed by atoms with Crippen LogP contribution in [0.1, 0.15) is 109 Å². The van der Waals surface area contributed by atoms with Crippen LogP contribution in [0.4, 0.5) is 0 Å². The number of aromatic nitrogens is 1. The van der Waals surface area contributed by atoms with Crippen LogP contribution in [0.5, 0.6) is 0 Å². The van der Waals surface area contributed by atoms with E-state index >= 15 is 0 Å². The van der Waals surface area contributed by atoms with Crippen molar-refractivity contribution in [3.05, 3.63) is 30.6 Å². The van der Waals surface area contributed by atoms with Gasteiger partial charge in [-0.3, -0.25) is 0 Å². The van der Waals surface area contributed by atoms with Gasteiger partial charge < -0.3 is 9.90 Å². The van der Waals surface area contributed by atoms with Gasteiger partial charge in [0.1, 0.15) is 6.54 Å². The third-order valence-electron chi connectivity index (χ3n) is 5.32. The SMILES string of the molecule is O=C([O-])CCCCCCCCCCCCCCCCCC[n+]1ccccc1. The number of aryl methyl sites for hydroxylation is 1. The van der Waals surface area contributed by atoms with Crippen LogP contribution in [-0.2, 0) is 11.3 Å². The Morgan fingerprint density at radius 1 is 0.556 bits per heavy atom. The second-order valence-electron chi connectivity index (χ2n) is 7.89. The molecule has 0 aliphatic heterocycles. The van der Waals surface area contributed by atoms with Crippen molar-refractivity contribution in [3.63, 3.8) is 0 Å². The van der Waals surface area contributed by atoms with E-state index in [2.05, 4.69) is 35.2 Å². The van der Waals surface area contributed by atoms with E-state index in [0.29, 0.717) is 0 Å². The molecule has 27 heavy (non-hydrogen) atoms. The molecule has 1 heterocycles. The maximum atomic E-state index is 10.3. The molecule has 0 spiro atoms. The van der Waals surface area contributed by atoms with E-state index in [9.17, 15) is 9.90 Å². The van der Waals surface area contributed by atoms with Crippen molar-refractivity contribution in [1.82, 2.24) is 0 Å². The van der Waals surface area contributed by atoms with Crippen molar-refractivity contribution in [1.29, 1.82) is 0 Å². The van der Waals surface area contributed by atoms with Gasteiger partial charge in [0.25, 0.3) is 0 Å². The molecule has 154 valence electrons. The highest BCUT2D eigenvalue weighted by molar-refractivity contribution is 5.63. The quantitative estimate of drug-likeness (QED) is 0.241. The standard InChI is InChI=1S/C24H41NO2/c26-24(27)20-16-13-11-9-7-5-3-1-2-4-6-8-10-12-14-17-21-25-22-18-15-19-23-25/h15,18-19,22-23H,1-14,16-17,20-21H2. The van der Waals surface area contributed by atoms with Crippen LogP contribution in [0.15, 0.2) is 30.6 Å². The van der Waals surface area contributed by atoms with Crippen LogP contribution in [0, 0.1) is 0 Å². The van der Waals surface area contributed by atoms with Crippen LogP contribution < -0.4 is 9.67 Å². The number of nitrogens with zero attached hydrogens (tertiary/aromatic N) is 1. The molecule has 0 bridgehead atoms. The number of carbonyl (C=O) groups excluding carboxylic acids is 1. The van der Waals surface area contributed by atoms with E-state index in [-0.39, 0.29) is 6.42 Å². The van der Waals surface area contributed by atoms with E-state index in [0.717, 1.165) is 19.4 Å². The summed E-state index contributed by atoms with van der Waals surface area (Å²) in [6.45, 7) is 1.15. The largest absolute Gasteiger partial charge is 0.550 e. The molecule has 0 amide bonds. The fraction of sp³-hybridized carbons (Fsp3) is 0.750. The number of unbranched alkanes of at least 4 members (excludes halogenated alkanes) is 15. The van der Waals surface area contributed by atoms with Gasteiger partial charge in [0.15, 0.2) is 12.4 Å². The summed E-state index contributed by atoms with van der Waals surface area (Å²) in [6.07, 6.45) is 25.3. The van der Waals surface area contributed by atoms with Gasteiger partial charge in [0, 0.05) is 24.5 Å². The van der Waals surface area contributed by atoms with Gasteiger partial charge in [-0.25, -0.2) is 4.57 Å². The lowest BCUT2D eigenvalue weighted by Crippen LogP contribution is -2.32. The van der Waals surface area contributed by atoms with Gasteiger partial charge >= 0.3 is 0 Å². The van der Waals surface area contributed by atoms with Crippen LogP contribution in [0.2, 0.25) is 0 Å². The highest BCUT2D eigenvalue weighted by Crippen LogP contribution is 2.14. The van der Waals surface area contributed by atoms with Crippen LogP contribution in [-0.4, -0.2) is 5.97 Å². The number of carboxylic acids is 1. The molecule has 0 atom stereocenters. The van der Waals surface area contributed by atoms with Gasteiger partial charge in [-0.2, -0.15) is 0 Å². The summed E-state index contributed by atoms with van der Waals surface area (Å²) in [4.78, 5) is 10.3. The molecule has 0 aliphatic carbocycles. The van der Waals surface area contributed by atoms with Crippen molar-refractivity contribution in [2.75, 3.05) is 0 Å². The second-order valence-corrected chi connectivity index (χ2v) is 7.89. The fourth-order valence-corrected chi connectivity index (χ4v) is 3.62. The molecule has 0 fully saturated rings. The molecule has 0 unspecified atom stereocenters. The first-order valence-corrected chi connectivity index (χ1v) is 11.4. The van der Waals surface area contributed by atoms with Crippen molar-refractivity contribution < 1.29 is 14.5 Å². The topological polar surface area (TPSA) is 44.0 Å². The molecule has 3 nitrogen and oxygen atoms in total. The van der Waals surface area contributed by atoms with Crippen molar-refractivity contribution in [2.45, 2.75) is 116 Å². The molecule has 0 N–H and O–H groups in total. The van der Waals surface area contributed by atoms with Gasteiger partial charge in [0.2, 0.25) is 0 Å². The Bertz CT molecular complexity index is 447. The number of rotatable bonds is 19. The zero-order valence-electron chi connectivity index (χ0n) is 17.4. The number of carboxylic acid groups (broad SMARTS) is 1. The van der Waals surface area contributed by atoms with Gasteiger partial charge in [-0.15, -0.1) is 0 Å². The molecule has 0 radical (unpaired) electrons. The summed E-state index contributed by atoms with van der Waals surface area (Å²) in [6, 6.07) is 6.27. The zero-order chi connectivity index (χ0) is 19.4. The van der Waals surface area contributed by atoms with Gasteiger partial charge in [-0.1, -0.05) is 89.5 Å². The summed E-state index contributed by atoms with van der Waals surface area (Å²) in [5, 5.41) is 10.3. The Morgan fingerprint density at radius 2 is 0.926 bits per heavy atom. The Labute approximate surface area is 167 Å². The first kappa shape index (κ1) is 23.7.